The number of para-hydroxylation sites is 1. The Labute approximate surface area is 136 Å². The van der Waals surface area contributed by atoms with Crippen LogP contribution < -0.4 is 10.1 Å². The average Bonchev–Trinajstić information content (AvgIpc) is 2.95. The number of halogens is 2. The normalized spacial score (nSPS) is 13.0. The molecule has 4 rings (SSSR count). The fourth-order valence-electron chi connectivity index (χ4n) is 2.85. The van der Waals surface area contributed by atoms with E-state index in [0.29, 0.717) is 29.6 Å². The van der Waals surface area contributed by atoms with Crippen molar-refractivity contribution in [3.63, 3.8) is 0 Å². The van der Waals surface area contributed by atoms with Crippen molar-refractivity contribution in [2.75, 3.05) is 11.9 Å². The molecule has 0 fully saturated rings. The average molecular weight is 331 g/mol. The van der Waals surface area contributed by atoms with Crippen molar-refractivity contribution in [2.24, 2.45) is 0 Å². The number of ether oxygens (including phenoxy) is 1. The third-order valence-corrected chi connectivity index (χ3v) is 4.23. The van der Waals surface area contributed by atoms with Gasteiger partial charge in [0.1, 0.15) is 23.9 Å². The van der Waals surface area contributed by atoms with Crippen LogP contribution in [0.25, 0.3) is 10.9 Å². The zero-order valence-electron chi connectivity index (χ0n) is 12.0. The number of hydrogen-bond donors (Lipinski definition) is 1. The molecule has 0 saturated heterocycles. The van der Waals surface area contributed by atoms with Gasteiger partial charge in [-0.05, 0) is 30.3 Å². The third-order valence-electron chi connectivity index (χ3n) is 3.90. The van der Waals surface area contributed by atoms with E-state index in [2.05, 4.69) is 5.32 Å². The summed E-state index contributed by atoms with van der Waals surface area (Å²) in [7, 11) is 0. The summed E-state index contributed by atoms with van der Waals surface area (Å²) < 4.78 is 21.2. The first-order valence-electron chi connectivity index (χ1n) is 7.15. The van der Waals surface area contributed by atoms with Crippen LogP contribution in [-0.2, 0) is 6.54 Å². The highest BCUT2D eigenvalue weighted by Gasteiger charge is 2.23. The van der Waals surface area contributed by atoms with Crippen LogP contribution in [-0.4, -0.2) is 17.1 Å². The molecular formula is C17H12ClFN2O2. The van der Waals surface area contributed by atoms with Crippen molar-refractivity contribution in [2.45, 2.75) is 6.54 Å². The Balaban J connectivity index is 1.81. The molecule has 0 bridgehead atoms. The van der Waals surface area contributed by atoms with E-state index >= 15 is 0 Å². The highest BCUT2D eigenvalue weighted by atomic mass is 35.5. The Bertz CT molecular complexity index is 936. The summed E-state index contributed by atoms with van der Waals surface area (Å²) in [5.74, 6) is -0.159. The van der Waals surface area contributed by atoms with E-state index in [1.54, 1.807) is 30.3 Å². The van der Waals surface area contributed by atoms with Gasteiger partial charge < -0.3 is 14.6 Å². The number of amides is 1. The molecule has 3 aromatic rings. The highest BCUT2D eigenvalue weighted by molar-refractivity contribution is 6.36. The molecule has 1 aliphatic rings. The SMILES string of the molecule is O=C(Nc1ccccc1F)c1cc2c(Cl)ccc3c2n1CCO3. The minimum absolute atomic E-state index is 0.147. The second kappa shape index (κ2) is 5.28. The van der Waals surface area contributed by atoms with E-state index in [-0.39, 0.29) is 11.6 Å². The fraction of sp³-hybridized carbons (Fsp3) is 0.118. The molecule has 0 aliphatic carbocycles. The van der Waals surface area contributed by atoms with Gasteiger partial charge in [-0.25, -0.2) is 4.39 Å². The Hall–Kier alpha value is -2.53. The number of nitrogens with zero attached hydrogens (tertiary/aromatic N) is 1. The summed E-state index contributed by atoms with van der Waals surface area (Å²) in [6.07, 6.45) is 0. The van der Waals surface area contributed by atoms with Crippen LogP contribution in [0.15, 0.2) is 42.5 Å². The van der Waals surface area contributed by atoms with Gasteiger partial charge in [0, 0.05) is 5.39 Å². The van der Waals surface area contributed by atoms with Crippen molar-refractivity contribution in [1.29, 1.82) is 0 Å². The van der Waals surface area contributed by atoms with Crippen LogP contribution >= 0.6 is 11.6 Å². The van der Waals surface area contributed by atoms with Gasteiger partial charge in [-0.3, -0.25) is 4.79 Å². The topological polar surface area (TPSA) is 43.3 Å². The molecule has 1 aliphatic heterocycles. The van der Waals surface area contributed by atoms with E-state index in [1.165, 1.54) is 12.1 Å². The number of carbonyl (C=O) groups is 1. The Kier molecular flexibility index (Phi) is 3.23. The predicted molar refractivity (Wildman–Crippen MR) is 86.8 cm³/mol. The maximum Gasteiger partial charge on any atom is 0.272 e. The van der Waals surface area contributed by atoms with Crippen LogP contribution in [0.3, 0.4) is 0 Å². The molecule has 23 heavy (non-hydrogen) atoms. The van der Waals surface area contributed by atoms with E-state index in [1.807, 2.05) is 4.57 Å². The maximum atomic E-state index is 13.7. The fourth-order valence-corrected chi connectivity index (χ4v) is 3.05. The van der Waals surface area contributed by atoms with Crippen molar-refractivity contribution in [1.82, 2.24) is 4.57 Å². The van der Waals surface area contributed by atoms with Crippen molar-refractivity contribution in [3.05, 3.63) is 59.0 Å². The largest absolute Gasteiger partial charge is 0.490 e. The second-order valence-electron chi connectivity index (χ2n) is 5.27. The second-order valence-corrected chi connectivity index (χ2v) is 5.68. The van der Waals surface area contributed by atoms with Crippen LogP contribution in [0.4, 0.5) is 10.1 Å². The molecule has 2 aromatic carbocycles. The standard InChI is InChI=1S/C17H12ClFN2O2/c18-11-5-6-15-16-10(11)9-14(21(16)7-8-23-15)17(22)20-13-4-2-1-3-12(13)19/h1-6,9H,7-8H2,(H,20,22). The van der Waals surface area contributed by atoms with E-state index < -0.39 is 5.82 Å². The molecule has 116 valence electrons. The molecule has 1 aromatic heterocycles. The van der Waals surface area contributed by atoms with Crippen molar-refractivity contribution < 1.29 is 13.9 Å². The molecule has 0 radical (unpaired) electrons. The monoisotopic (exact) mass is 330 g/mol. The predicted octanol–water partition coefficient (Wildman–Crippen LogP) is 4.08. The third kappa shape index (κ3) is 2.24. The summed E-state index contributed by atoms with van der Waals surface area (Å²) in [5.41, 5.74) is 1.37. The molecule has 0 spiro atoms. The molecule has 1 amide bonds. The maximum absolute atomic E-state index is 13.7. The molecule has 4 nitrogen and oxygen atoms in total. The van der Waals surface area contributed by atoms with Gasteiger partial charge in [0.2, 0.25) is 0 Å². The van der Waals surface area contributed by atoms with Crippen LogP contribution in [0.5, 0.6) is 5.75 Å². The lowest BCUT2D eigenvalue weighted by Gasteiger charge is -2.19. The quantitative estimate of drug-likeness (QED) is 0.769. The van der Waals surface area contributed by atoms with E-state index in [0.717, 1.165) is 10.9 Å². The number of benzene rings is 2. The number of rotatable bonds is 2. The first-order valence-corrected chi connectivity index (χ1v) is 7.53. The lowest BCUT2D eigenvalue weighted by Crippen LogP contribution is -2.22. The summed E-state index contributed by atoms with van der Waals surface area (Å²) in [6.45, 7) is 1.01. The van der Waals surface area contributed by atoms with Crippen LogP contribution in [0.1, 0.15) is 10.5 Å². The lowest BCUT2D eigenvalue weighted by atomic mass is 10.2. The Morgan fingerprint density at radius 2 is 2.09 bits per heavy atom. The van der Waals surface area contributed by atoms with Crippen LogP contribution in [0.2, 0.25) is 5.02 Å². The molecule has 2 heterocycles. The lowest BCUT2D eigenvalue weighted by molar-refractivity contribution is 0.101. The van der Waals surface area contributed by atoms with Crippen molar-refractivity contribution in [3.8, 4) is 5.75 Å². The van der Waals surface area contributed by atoms with Gasteiger partial charge in [0.15, 0.2) is 0 Å². The number of anilines is 1. The van der Waals surface area contributed by atoms with Gasteiger partial charge in [0.05, 0.1) is 22.8 Å². The summed E-state index contributed by atoms with van der Waals surface area (Å²) in [5, 5.41) is 3.91. The minimum Gasteiger partial charge on any atom is -0.490 e. The first-order chi connectivity index (χ1) is 11.1. The molecule has 0 saturated carbocycles. The van der Waals surface area contributed by atoms with Crippen molar-refractivity contribution >= 4 is 34.1 Å². The number of nitrogens with one attached hydrogen (secondary N) is 1. The molecule has 0 unspecified atom stereocenters. The first kappa shape index (κ1) is 14.1. The summed E-state index contributed by atoms with van der Waals surface area (Å²) in [6, 6.07) is 11.3. The van der Waals surface area contributed by atoms with E-state index in [9.17, 15) is 9.18 Å². The Morgan fingerprint density at radius 1 is 1.26 bits per heavy atom. The van der Waals surface area contributed by atoms with Gasteiger partial charge in [-0.1, -0.05) is 23.7 Å². The minimum atomic E-state index is -0.474. The Morgan fingerprint density at radius 3 is 2.91 bits per heavy atom. The summed E-state index contributed by atoms with van der Waals surface area (Å²) in [4.78, 5) is 12.6. The number of aromatic nitrogens is 1. The zero-order valence-corrected chi connectivity index (χ0v) is 12.7. The van der Waals surface area contributed by atoms with Gasteiger partial charge >= 0.3 is 0 Å². The smallest absolute Gasteiger partial charge is 0.272 e. The molecular weight excluding hydrogens is 319 g/mol. The zero-order chi connectivity index (χ0) is 16.0. The number of carbonyl (C=O) groups excluding carboxylic acids is 1. The van der Waals surface area contributed by atoms with Crippen LogP contribution in [0, 0.1) is 5.82 Å². The number of hydrogen-bond acceptors (Lipinski definition) is 2. The van der Waals surface area contributed by atoms with Gasteiger partial charge in [0.25, 0.3) is 5.91 Å². The molecule has 6 heteroatoms. The van der Waals surface area contributed by atoms with Gasteiger partial charge in [-0.15, -0.1) is 0 Å². The summed E-state index contributed by atoms with van der Waals surface area (Å²) >= 11 is 6.22. The highest BCUT2D eigenvalue weighted by Crippen LogP contribution is 2.36. The molecule has 0 atom stereocenters. The van der Waals surface area contributed by atoms with E-state index in [4.69, 9.17) is 16.3 Å². The van der Waals surface area contributed by atoms with Gasteiger partial charge in [-0.2, -0.15) is 0 Å². The molecule has 1 N–H and O–H groups in total.